The Kier molecular flexibility index (Phi) is 7.32. The first-order chi connectivity index (χ1) is 18.6. The van der Waals surface area contributed by atoms with Gasteiger partial charge in [-0.15, -0.1) is 0 Å². The number of benzene rings is 4. The van der Waals surface area contributed by atoms with E-state index in [1.54, 1.807) is 0 Å². The van der Waals surface area contributed by atoms with Gasteiger partial charge in [-0.25, -0.2) is 15.0 Å². The molecule has 0 saturated carbocycles. The normalized spacial score (nSPS) is 14.6. The third kappa shape index (κ3) is 4.46. The number of hydrogen-bond acceptors (Lipinski definition) is 3. The molecule has 1 heterocycles. The lowest BCUT2D eigenvalue weighted by atomic mass is 9.70. The summed E-state index contributed by atoms with van der Waals surface area (Å²) in [5, 5.41) is 0. The monoisotopic (exact) mass is 1180 g/mol. The molecule has 0 radical (unpaired) electrons. The summed E-state index contributed by atoms with van der Waals surface area (Å²) >= 11 is 14.4. The van der Waals surface area contributed by atoms with Gasteiger partial charge in [0, 0.05) is 5.56 Å². The highest BCUT2D eigenvalue weighted by Gasteiger charge is 2.51. The Morgan fingerprint density at radius 3 is 1.31 bits per heavy atom. The zero-order chi connectivity index (χ0) is 27.2. The lowest BCUT2D eigenvalue weighted by molar-refractivity contribution is 0.793. The maximum atomic E-state index is 5.01. The second kappa shape index (κ2) is 10.2. The zero-order valence-corrected chi connectivity index (χ0v) is 32.7. The molecular weight excluding hydrogens is 1160 g/mol. The molecule has 1 spiro atoms. The van der Waals surface area contributed by atoms with E-state index >= 15 is 0 Å². The number of rotatable bonds is 3. The molecule has 7 rings (SSSR count). The van der Waals surface area contributed by atoms with E-state index in [0.29, 0.717) is 5.82 Å². The molecule has 0 unspecified atom stereocenters. The molecule has 1 aromatic heterocycles. The number of alkyl halides is 6. The minimum absolute atomic E-state index is 0.285. The van der Waals surface area contributed by atoms with Gasteiger partial charge in [0.1, 0.15) is 0 Å². The second-order valence-electron chi connectivity index (χ2n) is 9.45. The fourth-order valence-corrected chi connectivity index (χ4v) is 7.44. The van der Waals surface area contributed by atoms with E-state index in [-0.39, 0.29) is 4.29 Å². The third-order valence-electron chi connectivity index (χ3n) is 7.40. The Labute approximate surface area is 308 Å². The van der Waals surface area contributed by atoms with Crippen LogP contribution in [-0.2, 0) is 4.29 Å². The number of aromatic nitrogens is 3. The number of hydrogen-bond donors (Lipinski definition) is 0. The van der Waals surface area contributed by atoms with E-state index in [9.17, 15) is 0 Å². The molecule has 0 N–H and O–H groups in total. The van der Waals surface area contributed by atoms with Crippen molar-refractivity contribution in [1.82, 2.24) is 15.0 Å². The summed E-state index contributed by atoms with van der Waals surface area (Å²) in [6.45, 7) is 0. The van der Waals surface area contributed by atoms with Crippen molar-refractivity contribution in [3.05, 3.63) is 125 Å². The predicted octanol–water partition coefficient (Wildman–Crippen LogP) is 10.7. The van der Waals surface area contributed by atoms with Gasteiger partial charge in [0.05, 0.1) is 5.41 Å². The van der Waals surface area contributed by atoms with Crippen molar-refractivity contribution in [3.8, 4) is 33.6 Å². The Hall–Kier alpha value is 0.270. The molecule has 192 valence electrons. The van der Waals surface area contributed by atoms with Crippen LogP contribution in [0.4, 0.5) is 0 Å². The van der Waals surface area contributed by atoms with Gasteiger partial charge in [-0.1, -0.05) is 84.9 Å². The number of nitrogens with zero attached hydrogens (tertiary/aromatic N) is 3. The number of halogens is 6. The van der Waals surface area contributed by atoms with E-state index in [0.717, 1.165) is 17.2 Å². The molecule has 0 saturated heterocycles. The van der Waals surface area contributed by atoms with Crippen LogP contribution in [0, 0.1) is 0 Å². The highest BCUT2D eigenvalue weighted by molar-refractivity contribution is 14.3. The van der Waals surface area contributed by atoms with Crippen LogP contribution in [0.15, 0.2) is 91.0 Å². The largest absolute Gasteiger partial charge is 0.212 e. The first kappa shape index (κ1) is 28.1. The van der Waals surface area contributed by atoms with Crippen LogP contribution in [0.2, 0.25) is 0 Å². The fraction of sp³-hybridized carbons (Fsp3) is 0.100. The van der Waals surface area contributed by atoms with Gasteiger partial charge in [0.25, 0.3) is 0 Å². The van der Waals surface area contributed by atoms with Crippen LogP contribution in [-0.4, -0.2) is 15.0 Å². The smallest absolute Gasteiger partial charge is 0.183 e. The van der Waals surface area contributed by atoms with Crippen molar-refractivity contribution in [2.75, 3.05) is 0 Å². The zero-order valence-electron chi connectivity index (χ0n) is 19.8. The topological polar surface area (TPSA) is 38.7 Å². The lowest BCUT2D eigenvalue weighted by Gasteiger charge is -2.30. The first-order valence-corrected chi connectivity index (χ1v) is 18.4. The van der Waals surface area contributed by atoms with E-state index in [1.165, 1.54) is 44.5 Å². The lowest BCUT2D eigenvalue weighted by Crippen LogP contribution is -2.25. The minimum Gasteiger partial charge on any atom is -0.212 e. The van der Waals surface area contributed by atoms with Crippen LogP contribution < -0.4 is 0 Å². The van der Waals surface area contributed by atoms with Crippen LogP contribution in [0.5, 0.6) is 0 Å². The van der Waals surface area contributed by atoms with E-state index in [4.69, 9.17) is 15.0 Å². The van der Waals surface area contributed by atoms with Crippen molar-refractivity contribution < 1.29 is 0 Å². The van der Waals surface area contributed by atoms with Crippen molar-refractivity contribution in [3.63, 3.8) is 0 Å². The highest BCUT2D eigenvalue weighted by atomic mass is 127. The summed E-state index contributed by atoms with van der Waals surface area (Å²) < 4.78 is -0.571. The first-order valence-electron chi connectivity index (χ1n) is 11.9. The van der Waals surface area contributed by atoms with Crippen molar-refractivity contribution >= 4 is 136 Å². The molecule has 9 heteroatoms. The molecule has 0 amide bonds. The maximum Gasteiger partial charge on any atom is 0.183 e. The van der Waals surface area contributed by atoms with Crippen LogP contribution in [0.25, 0.3) is 33.6 Å². The van der Waals surface area contributed by atoms with Crippen LogP contribution in [0.1, 0.15) is 33.9 Å². The molecule has 3 nitrogen and oxygen atoms in total. The molecular formula is C30H15I6N3. The van der Waals surface area contributed by atoms with Crippen molar-refractivity contribution in [2.45, 2.75) is 4.29 Å². The summed E-state index contributed by atoms with van der Waals surface area (Å²) in [5.74, 6) is 2.26. The molecule has 2 aliphatic carbocycles. The fourth-order valence-electron chi connectivity index (χ4n) is 5.99. The van der Waals surface area contributed by atoms with Gasteiger partial charge in [-0.05, 0) is 186 Å². The Balaban J connectivity index is 1.55. The van der Waals surface area contributed by atoms with Gasteiger partial charge in [-0.2, -0.15) is 0 Å². The Morgan fingerprint density at radius 2 is 0.872 bits per heavy atom. The van der Waals surface area contributed by atoms with Crippen LogP contribution in [0.3, 0.4) is 0 Å². The quantitative estimate of drug-likeness (QED) is 0.131. The van der Waals surface area contributed by atoms with E-state index in [2.05, 4.69) is 227 Å². The standard InChI is InChI=1S/C30H15I6N3/c31-29(32,33)26-37-25(38-27(39-26)30(34,35)36)16-13-14-20-19-9-3-6-12-23(19)28(24(20)15-16)21-10-4-1-7-17(21)18-8-2-5-11-22(18)28/h1-15H. The third-order valence-corrected chi connectivity index (χ3v) is 10.3. The average Bonchev–Trinajstić information content (AvgIpc) is 3.39. The summed E-state index contributed by atoms with van der Waals surface area (Å²) in [6, 6.07) is 33.4. The molecule has 4 aromatic carbocycles. The SMILES string of the molecule is IC(I)(I)c1nc(-c2ccc3c(c2)C2(c4ccccc4-c4ccccc42)c2ccccc2-3)nc(C(I)(I)I)n1. The molecule has 2 aliphatic rings. The van der Waals surface area contributed by atoms with Gasteiger partial charge in [0.15, 0.2) is 16.3 Å². The molecule has 0 aliphatic heterocycles. The average molecular weight is 1180 g/mol. The minimum atomic E-state index is -0.382. The van der Waals surface area contributed by atoms with Gasteiger partial charge in [-0.3, -0.25) is 0 Å². The Bertz CT molecular complexity index is 1710. The Morgan fingerprint density at radius 1 is 0.462 bits per heavy atom. The summed E-state index contributed by atoms with van der Waals surface area (Å²) in [7, 11) is 0. The summed E-state index contributed by atoms with van der Waals surface area (Å²) in [5.41, 5.74) is 11.1. The van der Waals surface area contributed by atoms with E-state index in [1.807, 2.05) is 0 Å². The van der Waals surface area contributed by atoms with Crippen molar-refractivity contribution in [1.29, 1.82) is 0 Å². The summed E-state index contributed by atoms with van der Waals surface area (Å²) in [4.78, 5) is 14.9. The van der Waals surface area contributed by atoms with Crippen LogP contribution >= 0.6 is 136 Å². The van der Waals surface area contributed by atoms with Crippen molar-refractivity contribution in [2.24, 2.45) is 0 Å². The maximum absolute atomic E-state index is 5.01. The molecule has 5 aromatic rings. The summed E-state index contributed by atoms with van der Waals surface area (Å²) in [6.07, 6.45) is 0. The predicted molar refractivity (Wildman–Crippen MR) is 209 cm³/mol. The number of fused-ring (bicyclic) bond motifs is 10. The second-order valence-corrected chi connectivity index (χ2v) is 31.5. The van der Waals surface area contributed by atoms with Gasteiger partial charge in [0.2, 0.25) is 0 Å². The molecule has 0 bridgehead atoms. The van der Waals surface area contributed by atoms with E-state index < -0.39 is 0 Å². The van der Waals surface area contributed by atoms with Gasteiger partial charge >= 0.3 is 0 Å². The van der Waals surface area contributed by atoms with Gasteiger partial charge < -0.3 is 0 Å². The highest BCUT2D eigenvalue weighted by Crippen LogP contribution is 2.63. The molecule has 39 heavy (non-hydrogen) atoms. The molecule has 0 fully saturated rings. The molecule has 0 atom stereocenters.